The second-order valence-corrected chi connectivity index (χ2v) is 6.99. The molecule has 0 aliphatic carbocycles. The number of carbonyl (C=O) groups excluding carboxylic acids is 1. The molecule has 1 heterocycles. The summed E-state index contributed by atoms with van der Waals surface area (Å²) in [6, 6.07) is 9.85. The third-order valence-corrected chi connectivity index (χ3v) is 4.84. The van der Waals surface area contributed by atoms with E-state index < -0.39 is 0 Å². The predicted octanol–water partition coefficient (Wildman–Crippen LogP) is 2.87. The molecule has 0 bridgehead atoms. The van der Waals surface area contributed by atoms with Gasteiger partial charge in [-0.25, -0.2) is 0 Å². The second kappa shape index (κ2) is 13.5. The molecule has 1 aromatic carbocycles. The lowest BCUT2D eigenvalue weighted by Crippen LogP contribution is -2.40. The summed E-state index contributed by atoms with van der Waals surface area (Å²) in [4.78, 5) is 18.2. The summed E-state index contributed by atoms with van der Waals surface area (Å²) in [5, 5.41) is 10.6. The molecule has 0 aliphatic rings. The van der Waals surface area contributed by atoms with Crippen LogP contribution in [0, 0.1) is 0 Å². The number of benzene rings is 1. The Morgan fingerprint density at radius 1 is 1.25 bits per heavy atom. The molecule has 2 N–H and O–H groups in total. The van der Waals surface area contributed by atoms with Crippen molar-refractivity contribution in [3.8, 4) is 0 Å². The number of halogens is 2. The number of amides is 1. The first kappa shape index (κ1) is 24.4. The molecule has 7 nitrogen and oxygen atoms in total. The van der Waals surface area contributed by atoms with Crippen LogP contribution in [0.5, 0.6) is 0 Å². The summed E-state index contributed by atoms with van der Waals surface area (Å²) in [6.07, 6.45) is 5.08. The van der Waals surface area contributed by atoms with Gasteiger partial charge in [0.2, 0.25) is 5.91 Å². The molecule has 9 heteroatoms. The average Bonchev–Trinajstić information content (AvgIpc) is 3.18. The van der Waals surface area contributed by atoms with Gasteiger partial charge in [0.25, 0.3) is 0 Å². The maximum atomic E-state index is 12.3. The molecule has 0 aliphatic heterocycles. The molecular formula is C19H28BrIN6O. The highest BCUT2D eigenvalue weighted by Crippen LogP contribution is 2.17. The van der Waals surface area contributed by atoms with Gasteiger partial charge in [0.05, 0.1) is 0 Å². The van der Waals surface area contributed by atoms with E-state index in [9.17, 15) is 4.79 Å². The van der Waals surface area contributed by atoms with Crippen LogP contribution in [-0.2, 0) is 17.9 Å². The highest BCUT2D eigenvalue weighted by molar-refractivity contribution is 14.0. The van der Waals surface area contributed by atoms with Crippen molar-refractivity contribution >= 4 is 51.8 Å². The summed E-state index contributed by atoms with van der Waals surface area (Å²) < 4.78 is 2.92. The Bertz CT molecular complexity index is 738. The smallest absolute Gasteiger partial charge is 0.224 e. The average molecular weight is 563 g/mol. The molecule has 1 aromatic heterocycles. The maximum absolute atomic E-state index is 12.3. The van der Waals surface area contributed by atoms with Gasteiger partial charge in [-0.15, -0.1) is 24.0 Å². The van der Waals surface area contributed by atoms with E-state index in [1.54, 1.807) is 18.1 Å². The first-order valence-electron chi connectivity index (χ1n) is 8.99. The van der Waals surface area contributed by atoms with Crippen molar-refractivity contribution in [2.75, 3.05) is 27.2 Å². The maximum Gasteiger partial charge on any atom is 0.224 e. The third-order valence-electron chi connectivity index (χ3n) is 4.06. The van der Waals surface area contributed by atoms with E-state index in [1.807, 2.05) is 48.3 Å². The van der Waals surface area contributed by atoms with Gasteiger partial charge in [0.1, 0.15) is 0 Å². The number of aryl methyl sites for hydroxylation is 1. The molecule has 2 aromatic rings. The predicted molar refractivity (Wildman–Crippen MR) is 127 cm³/mol. The number of aliphatic imine (C=N–C) groups is 1. The minimum absolute atomic E-state index is 0. The Labute approximate surface area is 192 Å². The highest BCUT2D eigenvalue weighted by atomic mass is 127. The minimum atomic E-state index is 0. The lowest BCUT2D eigenvalue weighted by Gasteiger charge is -2.19. The number of hydrogen-bond donors (Lipinski definition) is 2. The van der Waals surface area contributed by atoms with Crippen LogP contribution in [0.25, 0.3) is 0 Å². The molecule has 28 heavy (non-hydrogen) atoms. The van der Waals surface area contributed by atoms with Gasteiger partial charge in [0.15, 0.2) is 5.96 Å². The number of rotatable bonds is 9. The summed E-state index contributed by atoms with van der Waals surface area (Å²) in [7, 11) is 3.55. The Kier molecular flexibility index (Phi) is 11.8. The number of hydrogen-bond acceptors (Lipinski definition) is 3. The van der Waals surface area contributed by atoms with E-state index in [0.29, 0.717) is 25.5 Å². The normalized spacial score (nSPS) is 10.9. The topological polar surface area (TPSA) is 74.5 Å². The van der Waals surface area contributed by atoms with E-state index in [2.05, 4.69) is 36.7 Å². The SMILES string of the molecule is CN=C(NCCCn1cccn1)NCCC(=O)N(C)Cc1ccccc1Br.I. The largest absolute Gasteiger partial charge is 0.356 e. The van der Waals surface area contributed by atoms with Crippen molar-refractivity contribution in [3.05, 3.63) is 52.8 Å². The van der Waals surface area contributed by atoms with Crippen LogP contribution >= 0.6 is 39.9 Å². The quantitative estimate of drug-likeness (QED) is 0.213. The van der Waals surface area contributed by atoms with Crippen LogP contribution in [0.3, 0.4) is 0 Å². The molecule has 0 saturated heterocycles. The fraction of sp³-hybridized carbons (Fsp3) is 0.421. The van der Waals surface area contributed by atoms with Crippen LogP contribution in [0.15, 0.2) is 52.2 Å². The standard InChI is InChI=1S/C19H27BrN6O.HI/c1-21-19(22-10-5-13-26-14-6-11-24-26)23-12-9-18(27)25(2)15-16-7-3-4-8-17(16)20;/h3-4,6-8,11,14H,5,9-10,12-13,15H2,1-2H3,(H2,21,22,23);1H. The third kappa shape index (κ3) is 8.59. The Balaban J connectivity index is 0.00000392. The van der Waals surface area contributed by atoms with Crippen molar-refractivity contribution in [1.82, 2.24) is 25.3 Å². The molecule has 154 valence electrons. The van der Waals surface area contributed by atoms with Crippen molar-refractivity contribution in [1.29, 1.82) is 0 Å². The monoisotopic (exact) mass is 562 g/mol. The van der Waals surface area contributed by atoms with Crippen LogP contribution in [0.2, 0.25) is 0 Å². The van der Waals surface area contributed by atoms with Crippen LogP contribution < -0.4 is 10.6 Å². The summed E-state index contributed by atoms with van der Waals surface area (Å²) in [5.41, 5.74) is 1.09. The van der Waals surface area contributed by atoms with Gasteiger partial charge in [-0.05, 0) is 24.1 Å². The zero-order valence-electron chi connectivity index (χ0n) is 16.3. The number of nitrogens with one attached hydrogen (secondary N) is 2. The molecule has 2 rings (SSSR count). The van der Waals surface area contributed by atoms with Crippen molar-refractivity contribution in [2.24, 2.45) is 4.99 Å². The first-order valence-corrected chi connectivity index (χ1v) is 9.78. The number of aromatic nitrogens is 2. The summed E-state index contributed by atoms with van der Waals surface area (Å²) in [6.45, 7) is 2.77. The number of guanidine groups is 1. The van der Waals surface area contributed by atoms with Crippen LogP contribution in [0.1, 0.15) is 18.4 Å². The van der Waals surface area contributed by atoms with Gasteiger partial charge in [0, 0.05) is 63.6 Å². The van der Waals surface area contributed by atoms with E-state index in [4.69, 9.17) is 0 Å². The first-order chi connectivity index (χ1) is 13.1. The Morgan fingerprint density at radius 3 is 2.68 bits per heavy atom. The molecule has 0 radical (unpaired) electrons. The van der Waals surface area contributed by atoms with Crippen molar-refractivity contribution < 1.29 is 4.79 Å². The lowest BCUT2D eigenvalue weighted by atomic mass is 10.2. The molecule has 0 atom stereocenters. The Hall–Kier alpha value is -1.62. The van der Waals surface area contributed by atoms with Gasteiger partial charge < -0.3 is 15.5 Å². The number of nitrogens with zero attached hydrogens (tertiary/aromatic N) is 4. The molecule has 0 saturated carbocycles. The van der Waals surface area contributed by atoms with Gasteiger partial charge in [-0.3, -0.25) is 14.5 Å². The van der Waals surface area contributed by atoms with Gasteiger partial charge in [-0.2, -0.15) is 5.10 Å². The van der Waals surface area contributed by atoms with E-state index in [0.717, 1.165) is 29.5 Å². The molecule has 0 unspecified atom stereocenters. The highest BCUT2D eigenvalue weighted by Gasteiger charge is 2.10. The summed E-state index contributed by atoms with van der Waals surface area (Å²) >= 11 is 3.52. The number of carbonyl (C=O) groups is 1. The lowest BCUT2D eigenvalue weighted by molar-refractivity contribution is -0.130. The molecular weight excluding hydrogens is 535 g/mol. The Morgan fingerprint density at radius 2 is 2.00 bits per heavy atom. The van der Waals surface area contributed by atoms with Gasteiger partial charge in [-0.1, -0.05) is 34.1 Å². The van der Waals surface area contributed by atoms with Crippen LogP contribution in [-0.4, -0.2) is 53.7 Å². The zero-order chi connectivity index (χ0) is 19.5. The van der Waals surface area contributed by atoms with E-state index in [-0.39, 0.29) is 29.9 Å². The van der Waals surface area contributed by atoms with E-state index in [1.165, 1.54) is 0 Å². The molecule has 0 fully saturated rings. The molecule has 0 spiro atoms. The van der Waals surface area contributed by atoms with Crippen LogP contribution in [0.4, 0.5) is 0 Å². The zero-order valence-corrected chi connectivity index (χ0v) is 20.2. The fourth-order valence-electron chi connectivity index (χ4n) is 2.55. The van der Waals surface area contributed by atoms with Crippen molar-refractivity contribution in [3.63, 3.8) is 0 Å². The minimum Gasteiger partial charge on any atom is -0.356 e. The van der Waals surface area contributed by atoms with Gasteiger partial charge >= 0.3 is 0 Å². The molecule has 1 amide bonds. The van der Waals surface area contributed by atoms with E-state index >= 15 is 0 Å². The fourth-order valence-corrected chi connectivity index (χ4v) is 2.96. The summed E-state index contributed by atoms with van der Waals surface area (Å²) in [5.74, 6) is 0.795. The van der Waals surface area contributed by atoms with Crippen molar-refractivity contribution in [2.45, 2.75) is 25.9 Å². The second-order valence-electron chi connectivity index (χ2n) is 6.14.